The molecule has 0 amide bonds. The van der Waals surface area contributed by atoms with Gasteiger partial charge in [0.05, 0.1) is 0 Å². The maximum absolute atomic E-state index is 5.33. The Morgan fingerprint density at radius 3 is 1.88 bits per heavy atom. The Morgan fingerprint density at radius 1 is 1.25 bits per heavy atom. The van der Waals surface area contributed by atoms with E-state index in [0.717, 1.165) is 12.3 Å². The quantitative estimate of drug-likeness (QED) is 0.417. The third-order valence-corrected chi connectivity index (χ3v) is 1.34. The van der Waals surface area contributed by atoms with Gasteiger partial charge >= 0.3 is 0 Å². The Bertz CT molecular complexity index is 80.2. The zero-order valence-electron chi connectivity index (χ0n) is 4.93. The molecule has 8 heavy (non-hydrogen) atoms. The second-order valence-electron chi connectivity index (χ2n) is 2.76. The fourth-order valence-corrected chi connectivity index (χ4v) is 0.822. The van der Waals surface area contributed by atoms with Gasteiger partial charge in [0.2, 0.25) is 0 Å². The summed E-state index contributed by atoms with van der Waals surface area (Å²) in [5, 5.41) is 0. The molecule has 1 rings (SSSR count). The van der Waals surface area contributed by atoms with Crippen LogP contribution in [-0.2, 0) is 0 Å². The summed E-state index contributed by atoms with van der Waals surface area (Å²) in [6.07, 6.45) is 3.29. The molecule has 3 heteroatoms. The molecule has 3 nitrogen and oxygen atoms in total. The minimum absolute atomic E-state index is 0.718. The molecule has 0 saturated heterocycles. The van der Waals surface area contributed by atoms with E-state index in [-0.39, 0.29) is 0 Å². The molecule has 48 valence electrons. The molecule has 0 spiro atoms. The van der Waals surface area contributed by atoms with E-state index in [1.54, 1.807) is 0 Å². The highest BCUT2D eigenvalue weighted by atomic mass is 15.1. The summed E-state index contributed by atoms with van der Waals surface area (Å²) in [4.78, 5) is 0. The lowest BCUT2D eigenvalue weighted by Crippen LogP contribution is -2.58. The highest BCUT2D eigenvalue weighted by molar-refractivity contribution is 4.81. The Morgan fingerprint density at radius 2 is 1.75 bits per heavy atom. The molecule has 0 aromatic carbocycles. The van der Waals surface area contributed by atoms with Crippen LogP contribution in [0.1, 0.15) is 19.3 Å². The monoisotopic (exact) mass is 115 g/mol. The maximum Gasteiger partial charge on any atom is 0.116 e. The Balaban J connectivity index is 2.16. The van der Waals surface area contributed by atoms with Crippen LogP contribution in [0.2, 0.25) is 0 Å². The number of hydrogen-bond donors (Lipinski definition) is 3. The first-order chi connectivity index (χ1) is 3.58. The second-order valence-corrected chi connectivity index (χ2v) is 2.76. The minimum Gasteiger partial charge on any atom is -0.301 e. The smallest absolute Gasteiger partial charge is 0.116 e. The van der Waals surface area contributed by atoms with Crippen molar-refractivity contribution in [2.24, 2.45) is 23.1 Å². The van der Waals surface area contributed by atoms with Crippen LogP contribution in [0.5, 0.6) is 0 Å². The van der Waals surface area contributed by atoms with Crippen molar-refractivity contribution < 1.29 is 0 Å². The first-order valence-corrected chi connectivity index (χ1v) is 2.94. The molecule has 0 bridgehead atoms. The molecular formula is C5H13N3. The SMILES string of the molecule is NC(N)(N)CC1CC1. The van der Waals surface area contributed by atoms with E-state index in [4.69, 9.17) is 17.2 Å². The normalized spacial score (nSPS) is 21.4. The lowest BCUT2D eigenvalue weighted by molar-refractivity contribution is 0.400. The van der Waals surface area contributed by atoms with Crippen molar-refractivity contribution in [2.45, 2.75) is 25.0 Å². The summed E-state index contributed by atoms with van der Waals surface area (Å²) < 4.78 is 0. The van der Waals surface area contributed by atoms with E-state index in [2.05, 4.69) is 0 Å². The van der Waals surface area contributed by atoms with Gasteiger partial charge in [0, 0.05) is 0 Å². The lowest BCUT2D eigenvalue weighted by Gasteiger charge is -2.16. The van der Waals surface area contributed by atoms with Crippen LogP contribution in [0.3, 0.4) is 0 Å². The molecule has 0 heterocycles. The predicted octanol–water partition coefficient (Wildman–Crippen LogP) is -0.684. The van der Waals surface area contributed by atoms with Gasteiger partial charge in [-0.15, -0.1) is 0 Å². The molecule has 1 fully saturated rings. The second kappa shape index (κ2) is 1.69. The van der Waals surface area contributed by atoms with Gasteiger partial charge in [0.15, 0.2) is 0 Å². The zero-order valence-corrected chi connectivity index (χ0v) is 4.93. The number of nitrogens with two attached hydrogens (primary N) is 3. The zero-order chi connectivity index (χ0) is 6.20. The predicted molar refractivity (Wildman–Crippen MR) is 32.6 cm³/mol. The average Bonchev–Trinajstić information content (AvgIpc) is 2.12. The fraction of sp³-hybridized carbons (Fsp3) is 1.00. The topological polar surface area (TPSA) is 78.1 Å². The van der Waals surface area contributed by atoms with Crippen LogP contribution in [0.25, 0.3) is 0 Å². The van der Waals surface area contributed by atoms with E-state index in [0.29, 0.717) is 0 Å². The molecule has 0 aromatic heterocycles. The van der Waals surface area contributed by atoms with E-state index >= 15 is 0 Å². The van der Waals surface area contributed by atoms with Crippen molar-refractivity contribution in [3.8, 4) is 0 Å². The lowest BCUT2D eigenvalue weighted by atomic mass is 10.2. The summed E-state index contributed by atoms with van der Waals surface area (Å²) in [5.74, 6) is -0.198. The molecule has 1 aliphatic rings. The summed E-state index contributed by atoms with van der Waals surface area (Å²) in [6, 6.07) is 0. The van der Waals surface area contributed by atoms with Gasteiger partial charge in [-0.25, -0.2) is 0 Å². The molecule has 6 N–H and O–H groups in total. The van der Waals surface area contributed by atoms with Crippen molar-refractivity contribution in [2.75, 3.05) is 0 Å². The molecule has 0 atom stereocenters. The van der Waals surface area contributed by atoms with E-state index in [1.165, 1.54) is 12.8 Å². The van der Waals surface area contributed by atoms with Crippen LogP contribution >= 0.6 is 0 Å². The van der Waals surface area contributed by atoms with Gasteiger partial charge < -0.3 is 17.2 Å². The van der Waals surface area contributed by atoms with Gasteiger partial charge in [0.1, 0.15) is 5.79 Å². The van der Waals surface area contributed by atoms with Crippen molar-refractivity contribution in [1.82, 2.24) is 0 Å². The van der Waals surface area contributed by atoms with E-state index < -0.39 is 5.79 Å². The highest BCUT2D eigenvalue weighted by Gasteiger charge is 2.27. The van der Waals surface area contributed by atoms with Crippen LogP contribution in [0.4, 0.5) is 0 Å². The largest absolute Gasteiger partial charge is 0.301 e. The number of hydrogen-bond acceptors (Lipinski definition) is 3. The molecule has 1 saturated carbocycles. The Hall–Kier alpha value is -0.120. The third-order valence-electron chi connectivity index (χ3n) is 1.34. The molecule has 1 aliphatic carbocycles. The van der Waals surface area contributed by atoms with Crippen molar-refractivity contribution in [3.05, 3.63) is 0 Å². The van der Waals surface area contributed by atoms with Crippen LogP contribution < -0.4 is 17.2 Å². The Labute approximate surface area is 49.2 Å². The minimum atomic E-state index is -0.916. The fourth-order valence-electron chi connectivity index (χ4n) is 0.822. The van der Waals surface area contributed by atoms with Gasteiger partial charge in [-0.2, -0.15) is 0 Å². The standard InChI is InChI=1S/C5H13N3/c6-5(7,8)3-4-1-2-4/h4H,1-3,6-8H2. The van der Waals surface area contributed by atoms with Gasteiger partial charge in [-0.05, 0) is 12.3 Å². The molecule has 0 aliphatic heterocycles. The van der Waals surface area contributed by atoms with Gasteiger partial charge in [-0.3, -0.25) is 0 Å². The average molecular weight is 115 g/mol. The highest BCUT2D eigenvalue weighted by Crippen LogP contribution is 2.33. The maximum atomic E-state index is 5.33. The van der Waals surface area contributed by atoms with Crippen molar-refractivity contribution in [1.29, 1.82) is 0 Å². The van der Waals surface area contributed by atoms with Gasteiger partial charge in [-0.1, -0.05) is 12.8 Å². The van der Waals surface area contributed by atoms with Crippen molar-refractivity contribution in [3.63, 3.8) is 0 Å². The summed E-state index contributed by atoms with van der Waals surface area (Å²) in [5.41, 5.74) is 16.0. The molecule has 0 unspecified atom stereocenters. The van der Waals surface area contributed by atoms with Crippen LogP contribution in [-0.4, -0.2) is 5.79 Å². The summed E-state index contributed by atoms with van der Waals surface area (Å²) >= 11 is 0. The number of rotatable bonds is 2. The van der Waals surface area contributed by atoms with Crippen LogP contribution in [0.15, 0.2) is 0 Å². The summed E-state index contributed by atoms with van der Waals surface area (Å²) in [7, 11) is 0. The first-order valence-electron chi connectivity index (χ1n) is 2.94. The third kappa shape index (κ3) is 2.26. The van der Waals surface area contributed by atoms with Crippen LogP contribution in [0, 0.1) is 5.92 Å². The molecular weight excluding hydrogens is 102 g/mol. The molecule has 0 aromatic rings. The van der Waals surface area contributed by atoms with E-state index in [9.17, 15) is 0 Å². The van der Waals surface area contributed by atoms with Crippen molar-refractivity contribution >= 4 is 0 Å². The molecule has 0 radical (unpaired) electrons. The first kappa shape index (κ1) is 6.01. The summed E-state index contributed by atoms with van der Waals surface area (Å²) in [6.45, 7) is 0. The Kier molecular flexibility index (Phi) is 1.27. The van der Waals surface area contributed by atoms with Gasteiger partial charge in [0.25, 0.3) is 0 Å². The van der Waals surface area contributed by atoms with E-state index in [1.807, 2.05) is 0 Å².